The van der Waals surface area contributed by atoms with Gasteiger partial charge in [-0.2, -0.15) is 0 Å². The van der Waals surface area contributed by atoms with E-state index in [1.807, 2.05) is 12.1 Å². The topological polar surface area (TPSA) is 68.8 Å². The highest BCUT2D eigenvalue weighted by molar-refractivity contribution is 5.82. The van der Waals surface area contributed by atoms with E-state index in [-0.39, 0.29) is 11.9 Å². The summed E-state index contributed by atoms with van der Waals surface area (Å²) in [6, 6.07) is 5.98. The molecule has 1 aliphatic heterocycles. The lowest BCUT2D eigenvalue weighted by atomic mass is 9.85. The Morgan fingerprint density at radius 1 is 1.12 bits per heavy atom. The number of carbonyl (C=O) groups excluding carboxylic acids is 1. The molecule has 2 aliphatic rings. The van der Waals surface area contributed by atoms with Crippen LogP contribution in [0.5, 0.6) is 17.2 Å². The van der Waals surface area contributed by atoms with Gasteiger partial charge in [0.2, 0.25) is 5.91 Å². The number of hydrogen-bond acceptors (Lipinski definition) is 5. The first-order chi connectivity index (χ1) is 12.7. The van der Waals surface area contributed by atoms with E-state index in [0.29, 0.717) is 42.4 Å². The highest BCUT2D eigenvalue weighted by Crippen LogP contribution is 2.33. The molecule has 1 heterocycles. The van der Waals surface area contributed by atoms with Gasteiger partial charge < -0.3 is 24.8 Å². The quantitative estimate of drug-likeness (QED) is 0.696. The van der Waals surface area contributed by atoms with Crippen molar-refractivity contribution in [3.63, 3.8) is 0 Å². The molecule has 1 aliphatic carbocycles. The molecular formula is C20H30N2O4. The lowest BCUT2D eigenvalue weighted by Crippen LogP contribution is -2.43. The summed E-state index contributed by atoms with van der Waals surface area (Å²) < 4.78 is 16.2. The average Bonchev–Trinajstić information content (AvgIpc) is 3.11. The number of rotatable bonds is 8. The molecule has 1 aromatic rings. The van der Waals surface area contributed by atoms with Gasteiger partial charge in [-0.3, -0.25) is 4.79 Å². The number of ether oxygens (including phenoxy) is 3. The maximum atomic E-state index is 12.3. The fourth-order valence-corrected chi connectivity index (χ4v) is 3.98. The smallest absolute Gasteiger partial charge is 0.237 e. The molecule has 1 saturated carbocycles. The van der Waals surface area contributed by atoms with E-state index >= 15 is 0 Å². The third-order valence-electron chi connectivity index (χ3n) is 5.39. The number of benzene rings is 1. The first kappa shape index (κ1) is 18.8. The molecule has 144 valence electrons. The zero-order valence-corrected chi connectivity index (χ0v) is 15.8. The van der Waals surface area contributed by atoms with Crippen LogP contribution in [0, 0.1) is 5.92 Å². The number of fused-ring (bicyclic) bond motifs is 1. The first-order valence-electron chi connectivity index (χ1n) is 9.59. The standard InChI is InChI=1S/C20H30N2O4/c1-24-15-11-16(25-2)13-17(12-15)26-9-5-8-21-20(23)19-10-14-6-3-4-7-18(14)22-19/h11-14,18-19,22H,3-10H2,1-2H3,(H,21,23). The highest BCUT2D eigenvalue weighted by Gasteiger charge is 2.37. The minimum Gasteiger partial charge on any atom is -0.496 e. The molecule has 1 aromatic carbocycles. The summed E-state index contributed by atoms with van der Waals surface area (Å²) in [5, 5.41) is 6.55. The Labute approximate surface area is 155 Å². The Balaban J connectivity index is 1.36. The molecule has 6 heteroatoms. The van der Waals surface area contributed by atoms with Gasteiger partial charge in [-0.05, 0) is 31.6 Å². The Bertz CT molecular complexity index is 571. The van der Waals surface area contributed by atoms with Crippen molar-refractivity contribution in [1.29, 1.82) is 0 Å². The lowest BCUT2D eigenvalue weighted by molar-refractivity contribution is -0.122. The summed E-state index contributed by atoms with van der Waals surface area (Å²) in [6.45, 7) is 1.15. The van der Waals surface area contributed by atoms with Crippen molar-refractivity contribution in [1.82, 2.24) is 10.6 Å². The number of hydrogen-bond donors (Lipinski definition) is 2. The summed E-state index contributed by atoms with van der Waals surface area (Å²) in [5.41, 5.74) is 0. The van der Waals surface area contributed by atoms with Crippen molar-refractivity contribution in [3.05, 3.63) is 18.2 Å². The fourth-order valence-electron chi connectivity index (χ4n) is 3.98. The normalized spacial score (nSPS) is 24.6. The minimum absolute atomic E-state index is 0.0216. The van der Waals surface area contributed by atoms with Crippen LogP contribution in [0.2, 0.25) is 0 Å². The van der Waals surface area contributed by atoms with Gasteiger partial charge in [0.15, 0.2) is 0 Å². The van der Waals surface area contributed by atoms with Crippen LogP contribution in [0.3, 0.4) is 0 Å². The molecule has 0 radical (unpaired) electrons. The van der Waals surface area contributed by atoms with E-state index in [4.69, 9.17) is 14.2 Å². The lowest BCUT2D eigenvalue weighted by Gasteiger charge is -2.24. The average molecular weight is 362 g/mol. The third-order valence-corrected chi connectivity index (χ3v) is 5.39. The highest BCUT2D eigenvalue weighted by atomic mass is 16.5. The van der Waals surface area contributed by atoms with Crippen molar-refractivity contribution in [3.8, 4) is 17.2 Å². The third kappa shape index (κ3) is 4.81. The van der Waals surface area contributed by atoms with Gasteiger partial charge in [-0.1, -0.05) is 12.8 Å². The molecule has 0 aromatic heterocycles. The summed E-state index contributed by atoms with van der Waals surface area (Å²) in [4.78, 5) is 12.3. The van der Waals surface area contributed by atoms with Crippen LogP contribution in [0.25, 0.3) is 0 Å². The molecule has 3 unspecified atom stereocenters. The summed E-state index contributed by atoms with van der Waals surface area (Å²) >= 11 is 0. The number of nitrogens with one attached hydrogen (secondary N) is 2. The molecule has 26 heavy (non-hydrogen) atoms. The van der Waals surface area contributed by atoms with Crippen molar-refractivity contribution in [2.75, 3.05) is 27.4 Å². The van der Waals surface area contributed by atoms with Gasteiger partial charge in [0.25, 0.3) is 0 Å². The van der Waals surface area contributed by atoms with Crippen molar-refractivity contribution < 1.29 is 19.0 Å². The number of amides is 1. The Morgan fingerprint density at radius 3 is 2.50 bits per heavy atom. The maximum absolute atomic E-state index is 12.3. The van der Waals surface area contributed by atoms with Crippen molar-refractivity contribution in [2.45, 2.75) is 50.6 Å². The van der Waals surface area contributed by atoms with Crippen LogP contribution in [0.4, 0.5) is 0 Å². The van der Waals surface area contributed by atoms with Gasteiger partial charge in [0.1, 0.15) is 17.2 Å². The SMILES string of the molecule is COc1cc(OC)cc(OCCCNC(=O)C2CC3CCCCC3N2)c1. The van der Waals surface area contributed by atoms with E-state index in [9.17, 15) is 4.79 Å². The molecule has 2 N–H and O–H groups in total. The van der Waals surface area contributed by atoms with Crippen LogP contribution in [0.1, 0.15) is 38.5 Å². The molecule has 3 atom stereocenters. The first-order valence-corrected chi connectivity index (χ1v) is 9.59. The van der Waals surface area contributed by atoms with E-state index in [2.05, 4.69) is 10.6 Å². The Kier molecular flexibility index (Phi) is 6.61. The van der Waals surface area contributed by atoms with Gasteiger partial charge in [-0.25, -0.2) is 0 Å². The maximum Gasteiger partial charge on any atom is 0.237 e. The molecular weight excluding hydrogens is 332 g/mol. The predicted octanol–water partition coefficient (Wildman–Crippen LogP) is 2.51. The van der Waals surface area contributed by atoms with Gasteiger partial charge in [-0.15, -0.1) is 0 Å². The molecule has 3 rings (SSSR count). The molecule has 0 spiro atoms. The van der Waals surface area contributed by atoms with E-state index in [1.54, 1.807) is 20.3 Å². The minimum atomic E-state index is -0.0216. The van der Waals surface area contributed by atoms with E-state index < -0.39 is 0 Å². The number of methoxy groups -OCH3 is 2. The second-order valence-corrected chi connectivity index (χ2v) is 7.15. The number of carbonyl (C=O) groups is 1. The molecule has 0 bridgehead atoms. The van der Waals surface area contributed by atoms with Crippen LogP contribution in [-0.2, 0) is 4.79 Å². The molecule has 6 nitrogen and oxygen atoms in total. The van der Waals surface area contributed by atoms with Crippen molar-refractivity contribution in [2.24, 2.45) is 5.92 Å². The largest absolute Gasteiger partial charge is 0.496 e. The van der Waals surface area contributed by atoms with Crippen LogP contribution in [0.15, 0.2) is 18.2 Å². The summed E-state index contributed by atoms with van der Waals surface area (Å²) in [5.74, 6) is 2.91. The van der Waals surface area contributed by atoms with Crippen LogP contribution < -0.4 is 24.8 Å². The summed E-state index contributed by atoms with van der Waals surface area (Å²) in [7, 11) is 3.22. The second kappa shape index (κ2) is 9.12. The fraction of sp³-hybridized carbons (Fsp3) is 0.650. The van der Waals surface area contributed by atoms with Gasteiger partial charge in [0.05, 0.1) is 26.9 Å². The van der Waals surface area contributed by atoms with E-state index in [1.165, 1.54) is 25.7 Å². The zero-order valence-electron chi connectivity index (χ0n) is 15.8. The van der Waals surface area contributed by atoms with Gasteiger partial charge >= 0.3 is 0 Å². The summed E-state index contributed by atoms with van der Waals surface area (Å²) in [6.07, 6.45) is 6.81. The van der Waals surface area contributed by atoms with Crippen LogP contribution in [-0.4, -0.2) is 45.4 Å². The van der Waals surface area contributed by atoms with E-state index in [0.717, 1.165) is 12.8 Å². The monoisotopic (exact) mass is 362 g/mol. The Hall–Kier alpha value is -1.95. The molecule has 2 fully saturated rings. The van der Waals surface area contributed by atoms with Crippen LogP contribution >= 0.6 is 0 Å². The molecule has 1 amide bonds. The second-order valence-electron chi connectivity index (χ2n) is 7.15. The Morgan fingerprint density at radius 2 is 1.81 bits per heavy atom. The molecule has 1 saturated heterocycles. The van der Waals surface area contributed by atoms with Gasteiger partial charge in [0, 0.05) is 30.8 Å². The zero-order chi connectivity index (χ0) is 18.4. The van der Waals surface area contributed by atoms with Crippen molar-refractivity contribution >= 4 is 5.91 Å². The predicted molar refractivity (Wildman–Crippen MR) is 100.0 cm³/mol.